The van der Waals surface area contributed by atoms with Gasteiger partial charge in [0.25, 0.3) is 0 Å². The summed E-state index contributed by atoms with van der Waals surface area (Å²) in [4.78, 5) is 34.8. The Hall–Kier alpha value is -3.29. The summed E-state index contributed by atoms with van der Waals surface area (Å²) in [6.07, 6.45) is 2.45. The van der Waals surface area contributed by atoms with Crippen LogP contribution in [0.1, 0.15) is 12.0 Å². The maximum absolute atomic E-state index is 12.8. The number of aryl methyl sites for hydroxylation is 1. The average Bonchev–Trinajstić information content (AvgIpc) is 3.37. The van der Waals surface area contributed by atoms with Crippen molar-refractivity contribution >= 4 is 17.6 Å². The first kappa shape index (κ1) is 20.0. The molecule has 3 heterocycles. The van der Waals surface area contributed by atoms with E-state index in [1.54, 1.807) is 28.0 Å². The smallest absolute Gasteiger partial charge is 0.325 e. The van der Waals surface area contributed by atoms with Crippen molar-refractivity contribution in [2.75, 3.05) is 44.7 Å². The normalized spacial score (nSPS) is 18.8. The number of hydrogen-bond donors (Lipinski definition) is 0. The lowest BCUT2D eigenvalue weighted by molar-refractivity contribution is -0.130. The van der Waals surface area contributed by atoms with Gasteiger partial charge in [0.05, 0.1) is 13.7 Å². The molecule has 0 N–H and O–H groups in total. The molecule has 0 aliphatic carbocycles. The number of ether oxygens (including phenoxy) is 2. The molecule has 1 atom stereocenters. The molecule has 2 saturated heterocycles. The standard InChI is InChI=1S/C22H26N4O4/c1-16-3-8-20(23-13-16)30-19-9-10-24(14-19)21(27)15-25-11-12-26(22(25)28)17-4-6-18(29-2)7-5-17/h3-8,13,19H,9-12,14-15H2,1-2H3. The molecule has 0 saturated carbocycles. The number of aromatic nitrogens is 1. The number of nitrogens with zero attached hydrogens (tertiary/aromatic N) is 4. The van der Waals surface area contributed by atoms with Crippen LogP contribution in [-0.4, -0.2) is 72.7 Å². The Morgan fingerprint density at radius 3 is 2.63 bits per heavy atom. The number of benzene rings is 1. The van der Waals surface area contributed by atoms with Crippen LogP contribution in [0.2, 0.25) is 0 Å². The number of hydrogen-bond acceptors (Lipinski definition) is 5. The summed E-state index contributed by atoms with van der Waals surface area (Å²) in [5.41, 5.74) is 1.88. The molecule has 1 unspecified atom stereocenters. The van der Waals surface area contributed by atoms with Crippen molar-refractivity contribution in [1.29, 1.82) is 0 Å². The summed E-state index contributed by atoms with van der Waals surface area (Å²) in [6, 6.07) is 11.0. The first-order valence-electron chi connectivity index (χ1n) is 10.1. The first-order chi connectivity index (χ1) is 14.5. The maximum atomic E-state index is 12.8. The molecular weight excluding hydrogens is 384 g/mol. The van der Waals surface area contributed by atoms with Gasteiger partial charge in [0, 0.05) is 44.0 Å². The van der Waals surface area contributed by atoms with Crippen molar-refractivity contribution in [2.45, 2.75) is 19.4 Å². The fourth-order valence-electron chi connectivity index (χ4n) is 3.74. The molecule has 0 spiro atoms. The van der Waals surface area contributed by atoms with Gasteiger partial charge in [0.1, 0.15) is 18.4 Å². The van der Waals surface area contributed by atoms with E-state index in [1.165, 1.54) is 0 Å². The first-order valence-corrected chi connectivity index (χ1v) is 10.1. The number of methoxy groups -OCH3 is 1. The van der Waals surface area contributed by atoms with Crippen LogP contribution >= 0.6 is 0 Å². The molecule has 1 aromatic carbocycles. The number of rotatable bonds is 6. The van der Waals surface area contributed by atoms with Gasteiger partial charge in [-0.05, 0) is 36.8 Å². The van der Waals surface area contributed by atoms with Crippen LogP contribution in [0, 0.1) is 6.92 Å². The van der Waals surface area contributed by atoms with E-state index < -0.39 is 0 Å². The summed E-state index contributed by atoms with van der Waals surface area (Å²) < 4.78 is 11.1. The molecule has 1 aromatic heterocycles. The Balaban J connectivity index is 1.29. The topological polar surface area (TPSA) is 75.2 Å². The van der Waals surface area contributed by atoms with Gasteiger partial charge in [-0.3, -0.25) is 9.69 Å². The Labute approximate surface area is 176 Å². The van der Waals surface area contributed by atoms with Crippen molar-refractivity contribution in [3.63, 3.8) is 0 Å². The number of carbonyl (C=O) groups is 2. The monoisotopic (exact) mass is 410 g/mol. The molecule has 158 valence electrons. The van der Waals surface area contributed by atoms with E-state index in [9.17, 15) is 9.59 Å². The molecule has 0 radical (unpaired) electrons. The van der Waals surface area contributed by atoms with Gasteiger partial charge in [-0.1, -0.05) is 6.07 Å². The zero-order chi connectivity index (χ0) is 21.1. The number of urea groups is 1. The van der Waals surface area contributed by atoms with E-state index in [0.717, 1.165) is 23.4 Å². The van der Waals surface area contributed by atoms with Crippen molar-refractivity contribution < 1.29 is 19.1 Å². The van der Waals surface area contributed by atoms with Crippen molar-refractivity contribution in [1.82, 2.24) is 14.8 Å². The quantitative estimate of drug-likeness (QED) is 0.731. The van der Waals surface area contributed by atoms with E-state index in [0.29, 0.717) is 32.1 Å². The van der Waals surface area contributed by atoms with E-state index >= 15 is 0 Å². The Morgan fingerprint density at radius 2 is 1.93 bits per heavy atom. The SMILES string of the molecule is COc1ccc(N2CCN(CC(=O)N3CCC(Oc4ccc(C)cn4)C3)C2=O)cc1. The van der Waals surface area contributed by atoms with Crippen molar-refractivity contribution in [2.24, 2.45) is 0 Å². The summed E-state index contributed by atoms with van der Waals surface area (Å²) in [6.45, 7) is 4.28. The fourth-order valence-corrected chi connectivity index (χ4v) is 3.74. The van der Waals surface area contributed by atoms with Crippen LogP contribution in [0.3, 0.4) is 0 Å². The van der Waals surface area contributed by atoms with Crippen molar-refractivity contribution in [3.8, 4) is 11.6 Å². The van der Waals surface area contributed by atoms with Crippen LogP contribution in [0.15, 0.2) is 42.6 Å². The highest BCUT2D eigenvalue weighted by Gasteiger charge is 2.34. The highest BCUT2D eigenvalue weighted by Crippen LogP contribution is 2.24. The fraction of sp³-hybridized carbons (Fsp3) is 0.409. The molecule has 0 bridgehead atoms. The highest BCUT2D eigenvalue weighted by atomic mass is 16.5. The van der Waals surface area contributed by atoms with Crippen LogP contribution < -0.4 is 14.4 Å². The zero-order valence-corrected chi connectivity index (χ0v) is 17.3. The van der Waals surface area contributed by atoms with E-state index in [-0.39, 0.29) is 24.6 Å². The summed E-state index contributed by atoms with van der Waals surface area (Å²) in [5, 5.41) is 0. The van der Waals surface area contributed by atoms with E-state index in [2.05, 4.69) is 4.98 Å². The van der Waals surface area contributed by atoms with Gasteiger partial charge < -0.3 is 19.3 Å². The minimum absolute atomic E-state index is 0.0529. The summed E-state index contributed by atoms with van der Waals surface area (Å²) in [5.74, 6) is 1.26. The Morgan fingerprint density at radius 1 is 1.13 bits per heavy atom. The van der Waals surface area contributed by atoms with Crippen LogP contribution in [0.4, 0.5) is 10.5 Å². The van der Waals surface area contributed by atoms with E-state index in [4.69, 9.17) is 9.47 Å². The summed E-state index contributed by atoms with van der Waals surface area (Å²) >= 11 is 0. The third-order valence-electron chi connectivity index (χ3n) is 5.47. The predicted molar refractivity (Wildman–Crippen MR) is 112 cm³/mol. The van der Waals surface area contributed by atoms with Gasteiger partial charge in [-0.15, -0.1) is 0 Å². The molecule has 8 heteroatoms. The van der Waals surface area contributed by atoms with Crippen LogP contribution in [0.25, 0.3) is 0 Å². The van der Waals surface area contributed by atoms with Crippen LogP contribution in [-0.2, 0) is 4.79 Å². The lowest BCUT2D eigenvalue weighted by Crippen LogP contribution is -2.42. The molecule has 2 aromatic rings. The number of carbonyl (C=O) groups excluding carboxylic acids is 2. The number of pyridine rings is 1. The lowest BCUT2D eigenvalue weighted by atomic mass is 10.3. The third kappa shape index (κ3) is 4.32. The van der Waals surface area contributed by atoms with Crippen molar-refractivity contribution in [3.05, 3.63) is 48.2 Å². The Kier molecular flexibility index (Phi) is 5.74. The number of anilines is 1. The lowest BCUT2D eigenvalue weighted by Gasteiger charge is -2.22. The number of amides is 3. The molecule has 2 fully saturated rings. The highest BCUT2D eigenvalue weighted by molar-refractivity contribution is 5.96. The molecule has 8 nitrogen and oxygen atoms in total. The molecule has 4 rings (SSSR count). The second-order valence-corrected chi connectivity index (χ2v) is 7.60. The second-order valence-electron chi connectivity index (χ2n) is 7.60. The molecule has 30 heavy (non-hydrogen) atoms. The zero-order valence-electron chi connectivity index (χ0n) is 17.3. The predicted octanol–water partition coefficient (Wildman–Crippen LogP) is 2.32. The number of likely N-dealkylation sites (tertiary alicyclic amines) is 1. The third-order valence-corrected chi connectivity index (χ3v) is 5.47. The minimum atomic E-state index is -0.149. The van der Waals surface area contributed by atoms with Crippen LogP contribution in [0.5, 0.6) is 11.6 Å². The van der Waals surface area contributed by atoms with Gasteiger partial charge in [-0.2, -0.15) is 0 Å². The Bertz CT molecular complexity index is 900. The molecule has 2 aliphatic heterocycles. The average molecular weight is 410 g/mol. The molecule has 3 amide bonds. The van der Waals surface area contributed by atoms with Gasteiger partial charge in [0.15, 0.2) is 0 Å². The van der Waals surface area contributed by atoms with Gasteiger partial charge >= 0.3 is 6.03 Å². The largest absolute Gasteiger partial charge is 0.497 e. The van der Waals surface area contributed by atoms with E-state index in [1.807, 2.05) is 43.3 Å². The summed E-state index contributed by atoms with van der Waals surface area (Å²) in [7, 11) is 1.61. The van der Waals surface area contributed by atoms with Gasteiger partial charge in [-0.25, -0.2) is 9.78 Å². The van der Waals surface area contributed by atoms with Gasteiger partial charge in [0.2, 0.25) is 11.8 Å². The maximum Gasteiger partial charge on any atom is 0.325 e. The minimum Gasteiger partial charge on any atom is -0.497 e. The molecule has 2 aliphatic rings. The second kappa shape index (κ2) is 8.61. The molecular formula is C22H26N4O4.